The predicted octanol–water partition coefficient (Wildman–Crippen LogP) is 2.60. The fourth-order valence-electron chi connectivity index (χ4n) is 3.25. The normalized spacial score (nSPS) is 31.4. The lowest BCUT2D eigenvalue weighted by atomic mass is 9.72. The fraction of sp³-hybridized carbons (Fsp3) is 0.500. The van der Waals surface area contributed by atoms with Crippen LogP contribution in [0.25, 0.3) is 0 Å². The Morgan fingerprint density at radius 2 is 1.71 bits per heavy atom. The minimum Gasteiger partial charge on any atom is -0.391 e. The lowest BCUT2D eigenvalue weighted by molar-refractivity contribution is -0.00907. The van der Waals surface area contributed by atoms with Gasteiger partial charge in [-0.15, -0.1) is 0 Å². The van der Waals surface area contributed by atoms with Gasteiger partial charge in [-0.3, -0.25) is 14.5 Å². The maximum Gasteiger partial charge on any atom is 0.261 e. The van der Waals surface area contributed by atoms with Crippen LogP contribution in [0.15, 0.2) is 24.3 Å². The maximum atomic E-state index is 12.5. The smallest absolute Gasteiger partial charge is 0.261 e. The zero-order chi connectivity index (χ0) is 15.4. The SMILES string of the molecule is CC1(C)CCC(N2C(=O)c3ccccc3C2=O)C(Br)C1O. The Labute approximate surface area is 132 Å². The molecule has 0 bridgehead atoms. The minimum absolute atomic E-state index is 0.219. The van der Waals surface area contributed by atoms with Gasteiger partial charge in [0.15, 0.2) is 0 Å². The second-order valence-corrected chi connectivity index (χ2v) is 7.57. The molecule has 3 unspecified atom stereocenters. The van der Waals surface area contributed by atoms with Crippen molar-refractivity contribution in [2.24, 2.45) is 5.41 Å². The number of alkyl halides is 1. The molecule has 1 N–H and O–H groups in total. The first-order valence-corrected chi connectivity index (χ1v) is 8.05. The van der Waals surface area contributed by atoms with E-state index in [1.54, 1.807) is 24.3 Å². The number of benzene rings is 1. The molecule has 1 heterocycles. The highest BCUT2D eigenvalue weighted by Gasteiger charge is 2.49. The summed E-state index contributed by atoms with van der Waals surface area (Å²) in [4.78, 5) is 26.1. The van der Waals surface area contributed by atoms with Gasteiger partial charge in [-0.1, -0.05) is 41.9 Å². The van der Waals surface area contributed by atoms with E-state index < -0.39 is 6.10 Å². The molecule has 4 nitrogen and oxygen atoms in total. The molecule has 112 valence electrons. The molecule has 21 heavy (non-hydrogen) atoms. The summed E-state index contributed by atoms with van der Waals surface area (Å²) in [5.41, 5.74) is 0.701. The van der Waals surface area contributed by atoms with Crippen molar-refractivity contribution in [1.29, 1.82) is 0 Å². The van der Waals surface area contributed by atoms with Crippen molar-refractivity contribution in [1.82, 2.24) is 4.90 Å². The van der Waals surface area contributed by atoms with Crippen molar-refractivity contribution in [2.75, 3.05) is 0 Å². The van der Waals surface area contributed by atoms with Crippen LogP contribution < -0.4 is 0 Å². The molecule has 1 aliphatic carbocycles. The van der Waals surface area contributed by atoms with E-state index in [1.165, 1.54) is 4.90 Å². The molecule has 1 aromatic rings. The Morgan fingerprint density at radius 3 is 2.24 bits per heavy atom. The molecule has 1 aliphatic heterocycles. The topological polar surface area (TPSA) is 57.6 Å². The molecular weight excluding hydrogens is 334 g/mol. The molecule has 5 heteroatoms. The van der Waals surface area contributed by atoms with Crippen molar-refractivity contribution in [3.8, 4) is 0 Å². The van der Waals surface area contributed by atoms with Crippen molar-refractivity contribution in [2.45, 2.75) is 43.7 Å². The number of aliphatic hydroxyl groups excluding tert-OH is 1. The van der Waals surface area contributed by atoms with Gasteiger partial charge in [0.25, 0.3) is 11.8 Å². The van der Waals surface area contributed by atoms with Gasteiger partial charge in [-0.2, -0.15) is 0 Å². The number of fused-ring (bicyclic) bond motifs is 1. The molecule has 1 fully saturated rings. The third-order valence-corrected chi connectivity index (χ3v) is 5.82. The highest BCUT2D eigenvalue weighted by molar-refractivity contribution is 9.09. The van der Waals surface area contributed by atoms with Crippen LogP contribution in [-0.2, 0) is 0 Å². The highest BCUT2D eigenvalue weighted by Crippen LogP contribution is 2.42. The molecule has 1 aromatic carbocycles. The van der Waals surface area contributed by atoms with E-state index in [4.69, 9.17) is 0 Å². The van der Waals surface area contributed by atoms with Crippen LogP contribution in [0.2, 0.25) is 0 Å². The second kappa shape index (κ2) is 4.92. The van der Waals surface area contributed by atoms with E-state index in [0.29, 0.717) is 17.5 Å². The summed E-state index contributed by atoms with van der Waals surface area (Å²) >= 11 is 3.51. The number of amides is 2. The van der Waals surface area contributed by atoms with E-state index in [9.17, 15) is 14.7 Å². The highest BCUT2D eigenvalue weighted by atomic mass is 79.9. The Kier molecular flexibility index (Phi) is 3.45. The summed E-state index contributed by atoms with van der Waals surface area (Å²) in [6.07, 6.45) is 0.875. The van der Waals surface area contributed by atoms with Gasteiger partial charge in [-0.05, 0) is 30.4 Å². The number of halogens is 1. The standard InChI is InChI=1S/C16H18BrNO3/c1-16(2)8-7-11(12(17)13(16)19)18-14(20)9-5-3-4-6-10(9)15(18)21/h3-6,11-13,19H,7-8H2,1-2H3. The molecule has 0 radical (unpaired) electrons. The number of hydrogen-bond donors (Lipinski definition) is 1. The predicted molar refractivity (Wildman–Crippen MR) is 82.5 cm³/mol. The van der Waals surface area contributed by atoms with Crippen LogP contribution in [0.4, 0.5) is 0 Å². The van der Waals surface area contributed by atoms with Gasteiger partial charge in [0.1, 0.15) is 0 Å². The van der Waals surface area contributed by atoms with Crippen LogP contribution >= 0.6 is 15.9 Å². The molecule has 3 atom stereocenters. The van der Waals surface area contributed by atoms with E-state index in [1.807, 2.05) is 13.8 Å². The van der Waals surface area contributed by atoms with Gasteiger partial charge < -0.3 is 5.11 Å². The third-order valence-electron chi connectivity index (χ3n) is 4.71. The van der Waals surface area contributed by atoms with Crippen LogP contribution in [0, 0.1) is 5.41 Å². The number of rotatable bonds is 1. The average molecular weight is 352 g/mol. The summed E-state index contributed by atoms with van der Waals surface area (Å²) in [5, 5.41) is 10.4. The van der Waals surface area contributed by atoms with Crippen LogP contribution in [-0.4, -0.2) is 38.8 Å². The number of nitrogens with zero attached hydrogens (tertiary/aromatic N) is 1. The molecule has 2 amide bonds. The summed E-state index contributed by atoms with van der Waals surface area (Å²) < 4.78 is 0. The van der Waals surface area contributed by atoms with Gasteiger partial charge in [-0.25, -0.2) is 0 Å². The number of hydrogen-bond acceptors (Lipinski definition) is 3. The number of aliphatic hydroxyl groups is 1. The van der Waals surface area contributed by atoms with Gasteiger partial charge in [0, 0.05) is 0 Å². The van der Waals surface area contributed by atoms with Crippen molar-refractivity contribution < 1.29 is 14.7 Å². The summed E-state index contributed by atoms with van der Waals surface area (Å²) in [6.45, 7) is 4.01. The molecule has 0 aromatic heterocycles. The van der Waals surface area contributed by atoms with Crippen LogP contribution in [0.5, 0.6) is 0 Å². The van der Waals surface area contributed by atoms with E-state index in [2.05, 4.69) is 15.9 Å². The molecule has 2 aliphatic rings. The number of imide groups is 1. The summed E-state index contributed by atoms with van der Waals surface area (Å²) in [6, 6.07) is 6.58. The molecule has 0 saturated heterocycles. The van der Waals surface area contributed by atoms with Gasteiger partial charge in [0.05, 0.1) is 28.1 Å². The molecule has 0 spiro atoms. The zero-order valence-corrected chi connectivity index (χ0v) is 13.6. The van der Waals surface area contributed by atoms with Gasteiger partial charge >= 0.3 is 0 Å². The largest absolute Gasteiger partial charge is 0.391 e. The van der Waals surface area contributed by atoms with Crippen molar-refractivity contribution in [3.05, 3.63) is 35.4 Å². The fourth-order valence-corrected chi connectivity index (χ4v) is 4.47. The van der Waals surface area contributed by atoms with E-state index in [-0.39, 0.29) is 28.1 Å². The molecule has 1 saturated carbocycles. The van der Waals surface area contributed by atoms with Crippen molar-refractivity contribution in [3.63, 3.8) is 0 Å². The maximum absolute atomic E-state index is 12.5. The Balaban J connectivity index is 1.93. The van der Waals surface area contributed by atoms with E-state index >= 15 is 0 Å². The minimum atomic E-state index is -0.597. The lowest BCUT2D eigenvalue weighted by Gasteiger charge is -2.45. The van der Waals surface area contributed by atoms with Crippen LogP contribution in [0.3, 0.4) is 0 Å². The zero-order valence-electron chi connectivity index (χ0n) is 12.0. The molecule has 3 rings (SSSR count). The first-order chi connectivity index (χ1) is 9.84. The lowest BCUT2D eigenvalue weighted by Crippen LogP contribution is -2.55. The second-order valence-electron chi connectivity index (χ2n) is 6.51. The Morgan fingerprint density at radius 1 is 1.19 bits per heavy atom. The summed E-state index contributed by atoms with van der Waals surface area (Å²) in [7, 11) is 0. The van der Waals surface area contributed by atoms with Crippen LogP contribution in [0.1, 0.15) is 47.4 Å². The Hall–Kier alpha value is -1.20. The average Bonchev–Trinajstić information content (AvgIpc) is 2.70. The first kappa shape index (κ1) is 14.7. The molecular formula is C16H18BrNO3. The quantitative estimate of drug-likeness (QED) is 0.624. The third kappa shape index (κ3) is 2.14. The van der Waals surface area contributed by atoms with E-state index in [0.717, 1.165) is 6.42 Å². The Bertz CT molecular complexity index is 578. The summed E-state index contributed by atoms with van der Waals surface area (Å²) in [5.74, 6) is -0.506. The van der Waals surface area contributed by atoms with Gasteiger partial charge in [0.2, 0.25) is 0 Å². The van der Waals surface area contributed by atoms with Crippen molar-refractivity contribution >= 4 is 27.7 Å². The number of carbonyl (C=O) groups is 2. The first-order valence-electron chi connectivity index (χ1n) is 7.13. The number of carbonyl (C=O) groups excluding carboxylic acids is 2. The monoisotopic (exact) mass is 351 g/mol.